The fourth-order valence-corrected chi connectivity index (χ4v) is 3.66. The molecule has 0 bridgehead atoms. The Bertz CT molecular complexity index is 977. The summed E-state index contributed by atoms with van der Waals surface area (Å²) in [6, 6.07) is 15.4. The average Bonchev–Trinajstić information content (AvgIpc) is 3.08. The largest absolute Gasteiger partial charge is 0.435 e. The number of nitrogens with one attached hydrogen (secondary N) is 1. The van der Waals surface area contributed by atoms with Crippen LogP contribution >= 0.6 is 11.3 Å². The molecule has 0 radical (unpaired) electrons. The van der Waals surface area contributed by atoms with E-state index < -0.39 is 12.2 Å². The van der Waals surface area contributed by atoms with Crippen LogP contribution in [0.4, 0.5) is 13.9 Å². The van der Waals surface area contributed by atoms with E-state index in [-0.39, 0.29) is 11.7 Å². The summed E-state index contributed by atoms with van der Waals surface area (Å²) >= 11 is 1.32. The van der Waals surface area contributed by atoms with Crippen LogP contribution in [0.15, 0.2) is 54.6 Å². The van der Waals surface area contributed by atoms with Gasteiger partial charge >= 0.3 is 6.61 Å². The van der Waals surface area contributed by atoms with Crippen molar-refractivity contribution in [3.8, 4) is 17.0 Å². The summed E-state index contributed by atoms with van der Waals surface area (Å²) in [5, 5.41) is 3.25. The summed E-state index contributed by atoms with van der Waals surface area (Å²) in [7, 11) is 1.48. The number of aryl methyl sites for hydroxylation is 1. The van der Waals surface area contributed by atoms with Gasteiger partial charge in [0, 0.05) is 17.6 Å². The molecule has 5 nitrogen and oxygen atoms in total. The number of rotatable bonds is 7. The number of carbonyl (C=O) groups excluding carboxylic acids is 1. The lowest BCUT2D eigenvalue weighted by molar-refractivity contribution is -0.136. The predicted octanol–water partition coefficient (Wildman–Crippen LogP) is 5.22. The highest BCUT2D eigenvalue weighted by Gasteiger charge is 2.35. The molecule has 0 aliphatic rings. The number of ether oxygens (including phenoxy) is 2. The van der Waals surface area contributed by atoms with Gasteiger partial charge in [0.05, 0.1) is 5.69 Å². The second-order valence-corrected chi connectivity index (χ2v) is 7.59. The number of nitrogens with zero attached hydrogens (tertiary/aromatic N) is 1. The summed E-state index contributed by atoms with van der Waals surface area (Å²) in [5.41, 5.74) is 0.948. The zero-order chi connectivity index (χ0) is 21.0. The van der Waals surface area contributed by atoms with Crippen molar-refractivity contribution in [2.75, 3.05) is 12.4 Å². The first-order valence-electron chi connectivity index (χ1n) is 8.78. The first-order chi connectivity index (χ1) is 13.8. The number of carbonyl (C=O) groups is 1. The highest BCUT2D eigenvalue weighted by atomic mass is 32.1. The summed E-state index contributed by atoms with van der Waals surface area (Å²) in [6.45, 7) is 0.697. The Morgan fingerprint density at radius 2 is 1.79 bits per heavy atom. The molecule has 1 atom stereocenters. The Labute approximate surface area is 171 Å². The summed E-state index contributed by atoms with van der Waals surface area (Å²) in [4.78, 5) is 18.3. The Balaban J connectivity index is 1.80. The van der Waals surface area contributed by atoms with E-state index in [2.05, 4.69) is 15.0 Å². The average molecular weight is 418 g/mol. The SMILES string of the molecule is COC(C)(C(=O)Nc1nc(-c2ccc(OC(F)F)cc2)c(C)s1)c1ccccc1. The first kappa shape index (κ1) is 20.9. The number of thiazole rings is 1. The van der Waals surface area contributed by atoms with E-state index in [4.69, 9.17) is 4.74 Å². The van der Waals surface area contributed by atoms with Crippen molar-refractivity contribution in [1.29, 1.82) is 0 Å². The molecule has 1 N–H and O–H groups in total. The van der Waals surface area contributed by atoms with Gasteiger partial charge in [0.1, 0.15) is 5.75 Å². The van der Waals surface area contributed by atoms with E-state index in [9.17, 15) is 13.6 Å². The van der Waals surface area contributed by atoms with Gasteiger partial charge in [-0.05, 0) is 43.7 Å². The minimum atomic E-state index is -2.87. The quantitative estimate of drug-likeness (QED) is 0.571. The monoisotopic (exact) mass is 418 g/mol. The molecule has 1 heterocycles. The van der Waals surface area contributed by atoms with Crippen LogP contribution in [0.5, 0.6) is 5.75 Å². The summed E-state index contributed by atoms with van der Waals surface area (Å²) in [5.74, 6) is -0.268. The van der Waals surface area contributed by atoms with Gasteiger partial charge in [-0.2, -0.15) is 8.78 Å². The Morgan fingerprint density at radius 1 is 1.14 bits per heavy atom. The van der Waals surface area contributed by atoms with Gasteiger partial charge in [-0.3, -0.25) is 10.1 Å². The number of aromatic nitrogens is 1. The third kappa shape index (κ3) is 4.60. The molecule has 3 rings (SSSR count). The van der Waals surface area contributed by atoms with Gasteiger partial charge in [-0.25, -0.2) is 4.98 Å². The fourth-order valence-electron chi connectivity index (χ4n) is 2.83. The number of methoxy groups -OCH3 is 1. The molecule has 152 valence electrons. The molecule has 8 heteroatoms. The molecule has 0 saturated heterocycles. The van der Waals surface area contributed by atoms with Crippen LogP contribution in [0.1, 0.15) is 17.4 Å². The Hall–Kier alpha value is -2.84. The topological polar surface area (TPSA) is 60.5 Å². The van der Waals surface area contributed by atoms with Gasteiger partial charge in [0.15, 0.2) is 10.7 Å². The molecular formula is C21H20F2N2O3S. The van der Waals surface area contributed by atoms with Crippen LogP contribution in [0, 0.1) is 6.92 Å². The van der Waals surface area contributed by atoms with Crippen LogP contribution in [0.25, 0.3) is 11.3 Å². The smallest absolute Gasteiger partial charge is 0.387 e. The lowest BCUT2D eigenvalue weighted by atomic mass is 9.95. The zero-order valence-corrected chi connectivity index (χ0v) is 16.9. The minimum absolute atomic E-state index is 0.0730. The molecule has 0 aliphatic carbocycles. The van der Waals surface area contributed by atoms with Crippen LogP contribution in [-0.2, 0) is 15.1 Å². The summed E-state index contributed by atoms with van der Waals surface area (Å²) < 4.78 is 34.5. The zero-order valence-electron chi connectivity index (χ0n) is 16.1. The van der Waals surface area contributed by atoms with Crippen molar-refractivity contribution in [1.82, 2.24) is 4.98 Å². The van der Waals surface area contributed by atoms with Crippen molar-refractivity contribution >= 4 is 22.4 Å². The Kier molecular flexibility index (Phi) is 6.24. The van der Waals surface area contributed by atoms with E-state index >= 15 is 0 Å². The molecule has 1 aromatic heterocycles. The number of alkyl halides is 2. The van der Waals surface area contributed by atoms with Crippen LogP contribution < -0.4 is 10.1 Å². The van der Waals surface area contributed by atoms with Gasteiger partial charge in [-0.15, -0.1) is 11.3 Å². The van der Waals surface area contributed by atoms with Gasteiger partial charge < -0.3 is 9.47 Å². The molecule has 0 aliphatic heterocycles. The van der Waals surface area contributed by atoms with Gasteiger partial charge in [-0.1, -0.05) is 30.3 Å². The van der Waals surface area contributed by atoms with Crippen molar-refractivity contribution < 1.29 is 23.0 Å². The molecule has 3 aromatic rings. The van der Waals surface area contributed by atoms with Crippen molar-refractivity contribution in [3.63, 3.8) is 0 Å². The first-order valence-corrected chi connectivity index (χ1v) is 9.60. The number of amides is 1. The number of benzene rings is 2. The number of anilines is 1. The fraction of sp³-hybridized carbons (Fsp3) is 0.238. The van der Waals surface area contributed by atoms with E-state index in [1.165, 1.54) is 30.6 Å². The Morgan fingerprint density at radius 3 is 2.38 bits per heavy atom. The second kappa shape index (κ2) is 8.67. The van der Waals surface area contributed by atoms with Crippen molar-refractivity contribution in [2.24, 2.45) is 0 Å². The third-order valence-corrected chi connectivity index (χ3v) is 5.42. The molecule has 0 fully saturated rings. The molecule has 29 heavy (non-hydrogen) atoms. The normalized spacial score (nSPS) is 13.2. The van der Waals surface area contributed by atoms with Crippen LogP contribution in [0.3, 0.4) is 0 Å². The molecule has 1 unspecified atom stereocenters. The molecule has 2 aromatic carbocycles. The molecular weight excluding hydrogens is 398 g/mol. The van der Waals surface area contributed by atoms with E-state index in [1.807, 2.05) is 37.3 Å². The lowest BCUT2D eigenvalue weighted by Crippen LogP contribution is -2.39. The molecule has 0 spiro atoms. The number of hydrogen-bond acceptors (Lipinski definition) is 5. The predicted molar refractivity (Wildman–Crippen MR) is 108 cm³/mol. The van der Waals surface area contributed by atoms with E-state index in [0.717, 1.165) is 16.0 Å². The standard InChI is InChI=1S/C21H20F2N2O3S/c1-13-17(14-9-11-16(12-10-14)28-19(22)23)24-20(29-13)25-18(26)21(2,27-3)15-7-5-4-6-8-15/h4-12,19H,1-3H3,(H,24,25,26). The highest BCUT2D eigenvalue weighted by molar-refractivity contribution is 7.16. The lowest BCUT2D eigenvalue weighted by Gasteiger charge is -2.26. The van der Waals surface area contributed by atoms with Gasteiger partial charge in [0.25, 0.3) is 5.91 Å². The van der Waals surface area contributed by atoms with Crippen LogP contribution in [-0.4, -0.2) is 24.6 Å². The number of hydrogen-bond donors (Lipinski definition) is 1. The van der Waals surface area contributed by atoms with Gasteiger partial charge in [0.2, 0.25) is 0 Å². The second-order valence-electron chi connectivity index (χ2n) is 6.38. The van der Waals surface area contributed by atoms with E-state index in [0.29, 0.717) is 10.8 Å². The highest BCUT2D eigenvalue weighted by Crippen LogP contribution is 2.33. The molecule has 0 saturated carbocycles. The number of halogens is 2. The molecule has 1 amide bonds. The summed E-state index contributed by atoms with van der Waals surface area (Å²) in [6.07, 6.45) is 0. The van der Waals surface area contributed by atoms with Crippen LogP contribution in [0.2, 0.25) is 0 Å². The van der Waals surface area contributed by atoms with Crippen molar-refractivity contribution in [3.05, 3.63) is 65.0 Å². The maximum absolute atomic E-state index is 12.9. The minimum Gasteiger partial charge on any atom is -0.435 e. The van der Waals surface area contributed by atoms with E-state index in [1.54, 1.807) is 19.1 Å². The maximum atomic E-state index is 12.9. The van der Waals surface area contributed by atoms with Crippen molar-refractivity contribution in [2.45, 2.75) is 26.1 Å². The third-order valence-electron chi connectivity index (χ3n) is 4.54. The maximum Gasteiger partial charge on any atom is 0.387 e.